The summed E-state index contributed by atoms with van der Waals surface area (Å²) in [6.07, 6.45) is -4.41. The van der Waals surface area contributed by atoms with Crippen LogP contribution in [0.3, 0.4) is 0 Å². The van der Waals surface area contributed by atoms with Crippen LogP contribution in [0, 0.1) is 0 Å². The first kappa shape index (κ1) is 58.4. The van der Waals surface area contributed by atoms with Crippen molar-refractivity contribution in [2.45, 2.75) is 63.5 Å². The van der Waals surface area contributed by atoms with Gasteiger partial charge >= 0.3 is 11.9 Å². The largest absolute Gasteiger partial charge is 0.506 e. The number of nitrogens with one attached hydrogen (secondary N) is 5. The monoisotopic (exact) mass is 1270 g/mol. The van der Waals surface area contributed by atoms with Crippen LogP contribution in [-0.4, -0.2) is 141 Å². The van der Waals surface area contributed by atoms with Crippen molar-refractivity contribution in [3.8, 4) is 38.4 Å². The number of pyridine rings is 1. The van der Waals surface area contributed by atoms with Gasteiger partial charge in [0.2, 0.25) is 5.91 Å². The number of thiazole rings is 5. The number of amides is 6. The molecule has 3 aliphatic rings. The molecule has 11 rings (SSSR count). The van der Waals surface area contributed by atoms with Gasteiger partial charge in [-0.25, -0.2) is 39.5 Å². The van der Waals surface area contributed by atoms with E-state index in [1.165, 1.54) is 60.7 Å². The second kappa shape index (κ2) is 23.6. The second-order valence-corrected chi connectivity index (χ2v) is 23.5. The number of hydrogen-bond donors (Lipinski definition) is 10. The van der Waals surface area contributed by atoms with Gasteiger partial charge < -0.3 is 71.8 Å². The summed E-state index contributed by atoms with van der Waals surface area (Å²) in [6.45, 7) is 4.38. The first-order valence-electron chi connectivity index (χ1n) is 25.1. The van der Waals surface area contributed by atoms with Crippen LogP contribution in [0.5, 0.6) is 5.75 Å². The third-order valence-corrected chi connectivity index (χ3v) is 18.1. The Morgan fingerprint density at radius 2 is 1.59 bits per heavy atom. The quantitative estimate of drug-likeness (QED) is 0.0495. The van der Waals surface area contributed by atoms with Crippen molar-refractivity contribution in [1.29, 1.82) is 0 Å². The van der Waals surface area contributed by atoms with E-state index in [0.717, 1.165) is 62.9 Å². The Hall–Kier alpha value is -9.42. The van der Waals surface area contributed by atoms with Crippen molar-refractivity contribution in [3.05, 3.63) is 124 Å². The number of carbonyl (C=O) groups is 8. The Morgan fingerprint density at radius 3 is 2.34 bits per heavy atom. The molecule has 3 aliphatic heterocycles. The smallest absolute Gasteiger partial charge is 0.358 e. The molecule has 0 aliphatic carbocycles. The summed E-state index contributed by atoms with van der Waals surface area (Å²) in [7, 11) is 1.29. The number of benzene rings is 1. The van der Waals surface area contributed by atoms with Gasteiger partial charge in [-0.1, -0.05) is 18.7 Å². The van der Waals surface area contributed by atoms with Gasteiger partial charge in [-0.15, -0.1) is 56.7 Å². The Labute approximate surface area is 502 Å². The molecule has 442 valence electrons. The van der Waals surface area contributed by atoms with E-state index in [2.05, 4.69) is 53.1 Å². The van der Waals surface area contributed by atoms with Crippen LogP contribution < -0.4 is 32.3 Å². The molecular weight excluding hydrogens is 1220 g/mol. The van der Waals surface area contributed by atoms with Crippen LogP contribution in [-0.2, 0) is 46.5 Å². The average molecular weight is 1270 g/mol. The summed E-state index contributed by atoms with van der Waals surface area (Å²) in [6, 6.07) is 1.20. The number of hydrogen-bond acceptors (Lipinski definition) is 27. The molecule has 6 amide bonds. The van der Waals surface area contributed by atoms with E-state index in [0.29, 0.717) is 10.3 Å². The van der Waals surface area contributed by atoms with Gasteiger partial charge in [0.25, 0.3) is 29.5 Å². The standard InChI is InChI=1S/C52H43N13O16S5/c1-17(40(53)69)55-41(70)25-15-85-50(60-25)35-29(67)8-21-34(61-35)24-13-83-47(57-24)23-12-81-51(75)37-22-11-79-39(38(68)52(76)80-10-20-6-5-7-28(31(20)22)65(37)77)36(48-54-9-30(86-48)44(73)56-23)64-43(72)27-16-84-49(59-27)33(19(3)78-4)63-45(74)32(18(2)66)62-42(71)26-14-82-46(21)58-26/h5-9,13-16,18,23,32,36,38-39,66-68,77H,1,10-12H2,2-4H3,(H2,53,69)(H,55,70)(H,56,73)(H,62,71)(H,63,74)(H,64,72)/b33-19+/t18-,23+,32+,36+,38+,39?/m1/s1. The lowest BCUT2D eigenvalue weighted by molar-refractivity contribution is -0.166. The van der Waals surface area contributed by atoms with Gasteiger partial charge in [0.05, 0.1) is 37.2 Å². The molecule has 0 fully saturated rings. The Balaban J connectivity index is 1.09. The molecule has 0 saturated heterocycles. The number of aliphatic hydroxyl groups excluding tert-OH is 2. The fraction of sp³-hybridized carbons (Fsp3) is 0.231. The van der Waals surface area contributed by atoms with Crippen LogP contribution in [0.1, 0.15) is 104 Å². The average Bonchev–Trinajstić information content (AvgIpc) is 1.81. The molecule has 6 atom stereocenters. The molecule has 0 spiro atoms. The lowest BCUT2D eigenvalue weighted by Crippen LogP contribution is -2.52. The predicted molar refractivity (Wildman–Crippen MR) is 304 cm³/mol. The number of aromatic nitrogens is 7. The first-order chi connectivity index (χ1) is 41.2. The summed E-state index contributed by atoms with van der Waals surface area (Å²) in [5.41, 5.74) is 3.80. The van der Waals surface area contributed by atoms with Gasteiger partial charge in [0, 0.05) is 38.0 Å². The molecule has 10 heterocycles. The third-order valence-electron chi connectivity index (χ3n) is 13.4. The molecule has 12 bridgehead atoms. The number of cyclic esters (lactones) is 2. The molecule has 0 saturated carbocycles. The summed E-state index contributed by atoms with van der Waals surface area (Å²) in [5.74, 6) is -8.32. The number of methoxy groups -OCH3 is 1. The van der Waals surface area contributed by atoms with Gasteiger partial charge in [-0.05, 0) is 31.5 Å². The highest BCUT2D eigenvalue weighted by Crippen LogP contribution is 2.42. The zero-order chi connectivity index (χ0) is 61.0. The zero-order valence-electron chi connectivity index (χ0n) is 44.4. The first-order valence-corrected chi connectivity index (χ1v) is 29.5. The fourth-order valence-corrected chi connectivity index (χ4v) is 13.3. The Morgan fingerprint density at radius 1 is 0.872 bits per heavy atom. The minimum atomic E-state index is -2.20. The molecule has 7 aromatic heterocycles. The fourth-order valence-electron chi connectivity index (χ4n) is 9.07. The lowest BCUT2D eigenvalue weighted by Gasteiger charge is -2.30. The highest BCUT2D eigenvalue weighted by atomic mass is 32.1. The SMILES string of the molecule is C=C(NC(=O)c1csc(-c2nc3c(cc2O)-c2nc(cs2)C(=O)N[C@@H]([C@@H](C)O)C(=O)N/C(=C(\C)OC)c2nc(cs2)C(=O)N[C@@H]2c4ncc(s4)C(=O)N[C@@H](COC(=O)c4c5c6c(cccc6n4O)COC(=O)[C@@H](O)C2OC5)c2nc-3cs2)n1)C(N)=O. The number of rotatable bonds is 6. The molecule has 29 nitrogen and oxygen atoms in total. The molecule has 0 radical (unpaired) electrons. The molecule has 1 aromatic carbocycles. The molecule has 34 heteroatoms. The van der Waals surface area contributed by atoms with Gasteiger partial charge in [-0.2, -0.15) is 4.73 Å². The number of allylic oxidation sites excluding steroid dienone is 1. The summed E-state index contributed by atoms with van der Waals surface area (Å²) < 4.78 is 24.0. The van der Waals surface area contributed by atoms with Gasteiger partial charge in [0.15, 0.2) is 11.8 Å². The van der Waals surface area contributed by atoms with Gasteiger partial charge in [0.1, 0.15) is 119 Å². The topological polar surface area (TPSA) is 423 Å². The lowest BCUT2D eigenvalue weighted by atomic mass is 10.0. The molecule has 8 aromatic rings. The van der Waals surface area contributed by atoms with Crippen molar-refractivity contribution in [2.24, 2.45) is 5.73 Å². The zero-order valence-corrected chi connectivity index (χ0v) is 48.5. The maximum atomic E-state index is 14.6. The molecule has 1 unspecified atom stereocenters. The van der Waals surface area contributed by atoms with E-state index in [4.69, 9.17) is 34.6 Å². The van der Waals surface area contributed by atoms with E-state index in [9.17, 15) is 58.9 Å². The van der Waals surface area contributed by atoms with E-state index >= 15 is 0 Å². The maximum absolute atomic E-state index is 14.6. The van der Waals surface area contributed by atoms with Crippen molar-refractivity contribution < 1.29 is 77.8 Å². The highest BCUT2D eigenvalue weighted by molar-refractivity contribution is 7.14. The minimum Gasteiger partial charge on any atom is -0.506 e. The molecule has 86 heavy (non-hydrogen) atoms. The number of nitrogens with zero attached hydrogens (tertiary/aromatic N) is 7. The number of aromatic hydroxyl groups is 1. The van der Waals surface area contributed by atoms with Gasteiger partial charge in [-0.3, -0.25) is 28.8 Å². The number of aliphatic hydroxyl groups is 2. The number of esters is 2. The molecule has 11 N–H and O–H groups in total. The van der Waals surface area contributed by atoms with Crippen LogP contribution in [0.4, 0.5) is 0 Å². The number of fused-ring (bicyclic) bond motifs is 15. The van der Waals surface area contributed by atoms with E-state index in [-0.39, 0.29) is 97.6 Å². The van der Waals surface area contributed by atoms with Crippen molar-refractivity contribution in [2.75, 3.05) is 13.7 Å². The maximum Gasteiger partial charge on any atom is 0.358 e. The van der Waals surface area contributed by atoms with E-state index in [1.54, 1.807) is 6.07 Å². The summed E-state index contributed by atoms with van der Waals surface area (Å²) in [4.78, 5) is 138. The number of nitrogens with two attached hydrogens (primary N) is 1. The van der Waals surface area contributed by atoms with E-state index in [1.807, 2.05) is 0 Å². The van der Waals surface area contributed by atoms with Crippen molar-refractivity contribution >= 4 is 121 Å². The third kappa shape index (κ3) is 11.1. The number of primary amides is 1. The predicted octanol–water partition coefficient (Wildman–Crippen LogP) is 3.05. The van der Waals surface area contributed by atoms with E-state index < -0.39 is 121 Å². The van der Waals surface area contributed by atoms with Crippen LogP contribution >= 0.6 is 56.7 Å². The Kier molecular flexibility index (Phi) is 16.0. The number of ether oxygens (including phenoxy) is 4. The number of carbonyl (C=O) groups excluding carboxylic acids is 8. The molecular formula is C52H43N13O16S5. The normalized spacial score (nSPS) is 20.2. The van der Waals surface area contributed by atoms with Crippen molar-refractivity contribution in [3.63, 3.8) is 0 Å². The van der Waals surface area contributed by atoms with Crippen molar-refractivity contribution in [1.82, 2.24) is 61.2 Å². The van der Waals surface area contributed by atoms with Crippen LogP contribution in [0.2, 0.25) is 0 Å². The summed E-state index contributed by atoms with van der Waals surface area (Å²) >= 11 is 4.33. The highest BCUT2D eigenvalue weighted by Gasteiger charge is 2.42. The second-order valence-electron chi connectivity index (χ2n) is 19.0. The van der Waals surface area contributed by atoms with Crippen LogP contribution in [0.25, 0.3) is 49.3 Å². The minimum absolute atomic E-state index is 0.00373. The Bertz CT molecular complexity index is 4200. The van der Waals surface area contributed by atoms with Crippen LogP contribution in [0.15, 0.2) is 70.0 Å². The summed E-state index contributed by atoms with van der Waals surface area (Å²) in [5, 5.41) is 65.0.